The molecule has 1 heterocycles. The molecule has 5 nitrogen and oxygen atoms in total. The van der Waals surface area contributed by atoms with Crippen molar-refractivity contribution in [1.29, 1.82) is 0 Å². The van der Waals surface area contributed by atoms with E-state index in [2.05, 4.69) is 28.7 Å². The van der Waals surface area contributed by atoms with Crippen LogP contribution in [0.25, 0.3) is 0 Å². The predicted molar refractivity (Wildman–Crippen MR) is 108 cm³/mol. The molecule has 0 N–H and O–H groups in total. The van der Waals surface area contributed by atoms with Gasteiger partial charge in [0.1, 0.15) is 17.3 Å². The largest absolute Gasteiger partial charge is 0.357 e. The molecule has 0 aliphatic heterocycles. The summed E-state index contributed by atoms with van der Waals surface area (Å²) in [5, 5.41) is 0. The van der Waals surface area contributed by atoms with Crippen LogP contribution in [0, 0.1) is 13.8 Å². The zero-order chi connectivity index (χ0) is 19.1. The average Bonchev–Trinajstić information content (AvgIpc) is 2.61. The Morgan fingerprint density at radius 2 is 1.69 bits per heavy atom. The van der Waals surface area contributed by atoms with Crippen molar-refractivity contribution in [3.05, 3.63) is 47.4 Å². The third kappa shape index (κ3) is 4.81. The topological polar surface area (TPSA) is 49.3 Å². The van der Waals surface area contributed by atoms with E-state index in [4.69, 9.17) is 0 Å². The lowest BCUT2D eigenvalue weighted by atomic mass is 10.2. The molecule has 0 atom stereocenters. The number of amides is 1. The van der Waals surface area contributed by atoms with Gasteiger partial charge in [0.05, 0.1) is 0 Å². The van der Waals surface area contributed by atoms with Gasteiger partial charge in [-0.05, 0) is 51.3 Å². The van der Waals surface area contributed by atoms with E-state index in [0.29, 0.717) is 18.1 Å². The summed E-state index contributed by atoms with van der Waals surface area (Å²) in [6.07, 6.45) is 2.08. The van der Waals surface area contributed by atoms with Gasteiger partial charge >= 0.3 is 0 Å². The van der Waals surface area contributed by atoms with Gasteiger partial charge < -0.3 is 9.80 Å². The fourth-order valence-corrected chi connectivity index (χ4v) is 3.08. The van der Waals surface area contributed by atoms with Gasteiger partial charge in [0.2, 0.25) is 0 Å². The number of nitrogens with zero attached hydrogens (tertiary/aromatic N) is 4. The molecule has 1 aromatic carbocycles. The van der Waals surface area contributed by atoms with Crippen LogP contribution < -0.4 is 9.80 Å². The van der Waals surface area contributed by atoms with E-state index in [9.17, 15) is 4.79 Å². The number of hydrogen-bond acceptors (Lipinski definition) is 4. The van der Waals surface area contributed by atoms with Crippen LogP contribution in [-0.4, -0.2) is 35.5 Å². The van der Waals surface area contributed by atoms with Crippen LogP contribution in [0.2, 0.25) is 0 Å². The Hall–Kier alpha value is -2.43. The van der Waals surface area contributed by atoms with E-state index in [1.807, 2.05) is 51.1 Å². The van der Waals surface area contributed by atoms with Crippen molar-refractivity contribution in [1.82, 2.24) is 9.97 Å². The molecule has 0 unspecified atom stereocenters. The molecule has 0 spiro atoms. The summed E-state index contributed by atoms with van der Waals surface area (Å²) >= 11 is 0. The molecule has 140 valence electrons. The molecule has 0 fully saturated rings. The number of aromatic nitrogens is 2. The van der Waals surface area contributed by atoms with Gasteiger partial charge in [0.15, 0.2) is 0 Å². The standard InChI is InChI=1S/C21H30N4O/c1-6-12-24(13-7-2)20-15-19(22-17(5)23-20)21(26)25(8-3)18-11-9-10-16(4)14-18/h9-11,14-15H,6-8,12-13H2,1-5H3. The Kier molecular flexibility index (Phi) is 7.13. The van der Waals surface area contributed by atoms with Crippen molar-refractivity contribution in [2.45, 2.75) is 47.5 Å². The second kappa shape index (κ2) is 9.32. The van der Waals surface area contributed by atoms with Gasteiger partial charge in [-0.25, -0.2) is 9.97 Å². The number of benzene rings is 1. The molecule has 0 aliphatic carbocycles. The van der Waals surface area contributed by atoms with Crippen LogP contribution >= 0.6 is 0 Å². The Morgan fingerprint density at radius 1 is 1.00 bits per heavy atom. The number of rotatable bonds is 8. The Bertz CT molecular complexity index is 739. The molecule has 0 saturated carbocycles. The minimum atomic E-state index is -0.0854. The molecule has 0 radical (unpaired) electrons. The van der Waals surface area contributed by atoms with E-state index < -0.39 is 0 Å². The third-order valence-electron chi connectivity index (χ3n) is 4.23. The van der Waals surface area contributed by atoms with E-state index in [1.54, 1.807) is 4.90 Å². The van der Waals surface area contributed by atoms with Crippen molar-refractivity contribution >= 4 is 17.4 Å². The minimum absolute atomic E-state index is 0.0854. The number of hydrogen-bond donors (Lipinski definition) is 0. The third-order valence-corrected chi connectivity index (χ3v) is 4.23. The van der Waals surface area contributed by atoms with Gasteiger partial charge in [0.25, 0.3) is 5.91 Å². The monoisotopic (exact) mass is 354 g/mol. The number of carbonyl (C=O) groups excluding carboxylic acids is 1. The fourth-order valence-electron chi connectivity index (χ4n) is 3.08. The maximum absolute atomic E-state index is 13.1. The maximum Gasteiger partial charge on any atom is 0.277 e. The number of carbonyl (C=O) groups is 1. The van der Waals surface area contributed by atoms with Crippen molar-refractivity contribution in [3.8, 4) is 0 Å². The van der Waals surface area contributed by atoms with E-state index in [1.165, 1.54) is 0 Å². The molecule has 0 bridgehead atoms. The van der Waals surface area contributed by atoms with Crippen LogP contribution in [0.5, 0.6) is 0 Å². The Balaban J connectivity index is 2.38. The summed E-state index contributed by atoms with van der Waals surface area (Å²) in [4.78, 5) is 26.1. The SMILES string of the molecule is CCCN(CCC)c1cc(C(=O)N(CC)c2cccc(C)c2)nc(C)n1. The fraction of sp³-hybridized carbons (Fsp3) is 0.476. The lowest BCUT2D eigenvalue weighted by Gasteiger charge is -2.25. The Labute approximate surface area is 157 Å². The summed E-state index contributed by atoms with van der Waals surface area (Å²) in [5.74, 6) is 1.38. The zero-order valence-corrected chi connectivity index (χ0v) is 16.6. The number of aryl methyl sites for hydroxylation is 2. The van der Waals surface area contributed by atoms with Crippen molar-refractivity contribution in [3.63, 3.8) is 0 Å². The van der Waals surface area contributed by atoms with E-state index in [-0.39, 0.29) is 5.91 Å². The summed E-state index contributed by atoms with van der Waals surface area (Å²) in [5.41, 5.74) is 2.48. The van der Waals surface area contributed by atoms with Crippen molar-refractivity contribution in [2.75, 3.05) is 29.4 Å². The lowest BCUT2D eigenvalue weighted by Crippen LogP contribution is -2.32. The van der Waals surface area contributed by atoms with Crippen LogP contribution in [-0.2, 0) is 0 Å². The van der Waals surface area contributed by atoms with Gasteiger partial charge in [-0.1, -0.05) is 26.0 Å². The first-order valence-electron chi connectivity index (χ1n) is 9.49. The smallest absolute Gasteiger partial charge is 0.277 e. The highest BCUT2D eigenvalue weighted by molar-refractivity contribution is 6.05. The molecule has 0 saturated heterocycles. The highest BCUT2D eigenvalue weighted by atomic mass is 16.2. The lowest BCUT2D eigenvalue weighted by molar-refractivity contribution is 0.0983. The molecular formula is C21H30N4O. The first-order chi connectivity index (χ1) is 12.5. The summed E-state index contributed by atoms with van der Waals surface area (Å²) in [7, 11) is 0. The quantitative estimate of drug-likeness (QED) is 0.705. The van der Waals surface area contributed by atoms with Gasteiger partial charge in [-0.15, -0.1) is 0 Å². The second-order valence-corrected chi connectivity index (χ2v) is 6.53. The predicted octanol–water partition coefficient (Wildman–Crippen LogP) is 4.39. The van der Waals surface area contributed by atoms with Crippen LogP contribution in [0.1, 0.15) is 55.5 Å². The van der Waals surface area contributed by atoms with Gasteiger partial charge in [0, 0.05) is 31.4 Å². The van der Waals surface area contributed by atoms with Crippen LogP contribution in [0.3, 0.4) is 0 Å². The second-order valence-electron chi connectivity index (χ2n) is 6.53. The maximum atomic E-state index is 13.1. The summed E-state index contributed by atoms with van der Waals surface area (Å²) < 4.78 is 0. The van der Waals surface area contributed by atoms with Crippen LogP contribution in [0.15, 0.2) is 30.3 Å². The molecule has 2 aromatic rings. The molecule has 1 amide bonds. The molecule has 26 heavy (non-hydrogen) atoms. The average molecular weight is 354 g/mol. The molecular weight excluding hydrogens is 324 g/mol. The first-order valence-corrected chi connectivity index (χ1v) is 9.49. The summed E-state index contributed by atoms with van der Waals surface area (Å²) in [6, 6.07) is 9.82. The summed E-state index contributed by atoms with van der Waals surface area (Å²) in [6.45, 7) is 12.6. The molecule has 1 aromatic heterocycles. The van der Waals surface area contributed by atoms with Gasteiger partial charge in [-0.3, -0.25) is 4.79 Å². The van der Waals surface area contributed by atoms with Gasteiger partial charge in [-0.2, -0.15) is 0 Å². The molecule has 0 aliphatic rings. The normalized spacial score (nSPS) is 10.7. The first kappa shape index (κ1) is 19.9. The van der Waals surface area contributed by atoms with Crippen molar-refractivity contribution < 1.29 is 4.79 Å². The highest BCUT2D eigenvalue weighted by Crippen LogP contribution is 2.20. The Morgan fingerprint density at radius 3 is 2.27 bits per heavy atom. The zero-order valence-electron chi connectivity index (χ0n) is 16.6. The molecule has 2 rings (SSSR count). The highest BCUT2D eigenvalue weighted by Gasteiger charge is 2.20. The van der Waals surface area contributed by atoms with E-state index >= 15 is 0 Å². The number of anilines is 2. The van der Waals surface area contributed by atoms with Crippen LogP contribution in [0.4, 0.5) is 11.5 Å². The minimum Gasteiger partial charge on any atom is -0.357 e. The van der Waals surface area contributed by atoms with Crippen molar-refractivity contribution in [2.24, 2.45) is 0 Å². The van der Waals surface area contributed by atoms with E-state index in [0.717, 1.165) is 43.0 Å². The molecule has 5 heteroatoms.